The molecule has 8 heteroatoms. The Labute approximate surface area is 225 Å². The van der Waals surface area contributed by atoms with Crippen LogP contribution in [0.5, 0.6) is 11.5 Å². The van der Waals surface area contributed by atoms with E-state index in [0.29, 0.717) is 31.1 Å². The zero-order valence-electron chi connectivity index (χ0n) is 21.0. The van der Waals surface area contributed by atoms with Gasteiger partial charge in [-0.25, -0.2) is 0 Å². The Morgan fingerprint density at radius 2 is 1.42 bits per heavy atom. The number of amides is 2. The van der Waals surface area contributed by atoms with Crippen molar-refractivity contribution in [2.45, 2.75) is 12.3 Å². The van der Waals surface area contributed by atoms with Crippen LogP contribution in [0.25, 0.3) is 21.5 Å². The number of halogens is 1. The lowest BCUT2D eigenvalue weighted by atomic mass is 9.95. The zero-order chi connectivity index (χ0) is 26.6. The summed E-state index contributed by atoms with van der Waals surface area (Å²) in [7, 11) is 1.75. The maximum Gasteiger partial charge on any atom is 0.241 e. The second kappa shape index (κ2) is 9.49. The van der Waals surface area contributed by atoms with Gasteiger partial charge in [0, 0.05) is 47.8 Å². The molecule has 2 aliphatic heterocycles. The summed E-state index contributed by atoms with van der Waals surface area (Å²) in [5.41, 5.74) is 3.43. The number of rotatable bonds is 5. The molecular formula is C30H28ClN3O4. The fourth-order valence-electron chi connectivity index (χ4n) is 5.99. The lowest BCUT2D eigenvalue weighted by Gasteiger charge is -2.25. The van der Waals surface area contributed by atoms with E-state index in [4.69, 9.17) is 11.6 Å². The number of hydrogen-bond donors (Lipinski definition) is 2. The van der Waals surface area contributed by atoms with Gasteiger partial charge in [0.25, 0.3) is 0 Å². The molecule has 7 nitrogen and oxygen atoms in total. The Morgan fingerprint density at radius 1 is 0.868 bits per heavy atom. The summed E-state index contributed by atoms with van der Waals surface area (Å²) in [6, 6.07) is 18.6. The number of phenolic OH excluding ortho intramolecular Hbond substituents is 2. The molecule has 6 rings (SSSR count). The number of likely N-dealkylation sites (N-methyl/N-ethyl adjacent to an activating group) is 1. The first-order valence-corrected chi connectivity index (χ1v) is 13.2. The summed E-state index contributed by atoms with van der Waals surface area (Å²) >= 11 is 6.30. The first-order chi connectivity index (χ1) is 18.4. The van der Waals surface area contributed by atoms with Crippen molar-refractivity contribution >= 4 is 56.3 Å². The molecule has 0 aromatic heterocycles. The zero-order valence-corrected chi connectivity index (χ0v) is 21.8. The molecule has 2 aliphatic rings. The van der Waals surface area contributed by atoms with E-state index in [1.54, 1.807) is 33.9 Å². The molecule has 2 amide bonds. The van der Waals surface area contributed by atoms with Crippen LogP contribution in [0.3, 0.4) is 0 Å². The van der Waals surface area contributed by atoms with E-state index in [-0.39, 0.29) is 42.3 Å². The average molecular weight is 530 g/mol. The number of carbonyl (C=O) groups is 2. The molecule has 194 valence electrons. The van der Waals surface area contributed by atoms with Crippen molar-refractivity contribution in [2.75, 3.05) is 48.9 Å². The van der Waals surface area contributed by atoms with Crippen LogP contribution < -0.4 is 9.80 Å². The van der Waals surface area contributed by atoms with E-state index in [1.165, 1.54) is 0 Å². The molecular weight excluding hydrogens is 502 g/mol. The first kappa shape index (κ1) is 24.5. The van der Waals surface area contributed by atoms with Crippen LogP contribution in [-0.4, -0.2) is 66.0 Å². The fraction of sp³-hybridized carbons (Fsp3) is 0.267. The van der Waals surface area contributed by atoms with Crippen molar-refractivity contribution in [1.29, 1.82) is 0 Å². The highest BCUT2D eigenvalue weighted by Gasteiger charge is 2.35. The van der Waals surface area contributed by atoms with E-state index >= 15 is 0 Å². The van der Waals surface area contributed by atoms with E-state index in [2.05, 4.69) is 0 Å². The molecule has 0 bridgehead atoms. The minimum Gasteiger partial charge on any atom is -0.507 e. The number of nitrogens with zero attached hydrogens (tertiary/aromatic N) is 3. The van der Waals surface area contributed by atoms with Gasteiger partial charge in [0.05, 0.1) is 24.5 Å². The maximum absolute atomic E-state index is 13.4. The summed E-state index contributed by atoms with van der Waals surface area (Å²) in [5, 5.41) is 24.5. The van der Waals surface area contributed by atoms with Crippen LogP contribution in [0, 0.1) is 0 Å². The molecule has 1 unspecified atom stereocenters. The molecule has 1 atom stereocenters. The van der Waals surface area contributed by atoms with Crippen LogP contribution in [0.15, 0.2) is 60.7 Å². The Kier molecular flexibility index (Phi) is 6.13. The third-order valence-electron chi connectivity index (χ3n) is 7.73. The van der Waals surface area contributed by atoms with Crippen LogP contribution in [0.2, 0.25) is 0 Å². The molecule has 4 aromatic rings. The normalized spacial score (nSPS) is 16.4. The molecule has 4 aromatic carbocycles. The number of phenols is 2. The second-order valence-corrected chi connectivity index (χ2v) is 10.4. The van der Waals surface area contributed by atoms with Gasteiger partial charge in [-0.05, 0) is 35.4 Å². The van der Waals surface area contributed by atoms with Crippen LogP contribution in [0.1, 0.15) is 17.0 Å². The van der Waals surface area contributed by atoms with Crippen molar-refractivity contribution < 1.29 is 19.8 Å². The van der Waals surface area contributed by atoms with Gasteiger partial charge in [0.1, 0.15) is 11.5 Å². The number of aromatic hydroxyl groups is 2. The van der Waals surface area contributed by atoms with Gasteiger partial charge in [-0.3, -0.25) is 14.5 Å². The summed E-state index contributed by atoms with van der Waals surface area (Å²) in [4.78, 5) is 31.8. The van der Waals surface area contributed by atoms with Crippen molar-refractivity contribution in [1.82, 2.24) is 4.90 Å². The molecule has 2 heterocycles. The number of alkyl halides is 1. The molecule has 0 saturated heterocycles. The maximum atomic E-state index is 13.4. The molecule has 0 saturated carbocycles. The van der Waals surface area contributed by atoms with Gasteiger partial charge in [0.15, 0.2) is 0 Å². The Balaban J connectivity index is 1.20. The van der Waals surface area contributed by atoms with E-state index < -0.39 is 0 Å². The largest absolute Gasteiger partial charge is 0.507 e. The summed E-state index contributed by atoms with van der Waals surface area (Å²) in [6.07, 6.45) is 0.715. The standard InChI is InChI=1S/C30H28ClN3O4/c1-32(16-28(37)33-11-10-20-19-6-2-3-7-21(19)26(35)12-24(20)33)17-29(38)34-15-18(14-31)30-23-9-5-4-8-22(23)27(36)13-25(30)34/h2-9,12-13,18,35-36H,10-11,14-17H2,1H3. The van der Waals surface area contributed by atoms with Crippen molar-refractivity contribution in [3.8, 4) is 11.5 Å². The first-order valence-electron chi connectivity index (χ1n) is 12.7. The highest BCUT2D eigenvalue weighted by molar-refractivity contribution is 6.19. The third-order valence-corrected chi connectivity index (χ3v) is 8.10. The topological polar surface area (TPSA) is 84.3 Å². The summed E-state index contributed by atoms with van der Waals surface area (Å²) in [6.45, 7) is 1.06. The molecule has 0 fully saturated rings. The molecule has 2 N–H and O–H groups in total. The number of benzene rings is 4. The second-order valence-electron chi connectivity index (χ2n) is 10.1. The van der Waals surface area contributed by atoms with E-state index in [0.717, 1.165) is 38.4 Å². The smallest absolute Gasteiger partial charge is 0.241 e. The Morgan fingerprint density at radius 3 is 2.08 bits per heavy atom. The number of carbonyl (C=O) groups excluding carboxylic acids is 2. The SMILES string of the molecule is CN(CC(=O)N1CCc2c1cc(O)c1ccccc21)CC(=O)N1CC(CCl)c2c1cc(O)c1ccccc21. The van der Waals surface area contributed by atoms with Gasteiger partial charge in [-0.15, -0.1) is 11.6 Å². The van der Waals surface area contributed by atoms with Crippen LogP contribution in [-0.2, 0) is 16.0 Å². The summed E-state index contributed by atoms with van der Waals surface area (Å²) < 4.78 is 0. The van der Waals surface area contributed by atoms with Gasteiger partial charge >= 0.3 is 0 Å². The quantitative estimate of drug-likeness (QED) is 0.369. The summed E-state index contributed by atoms with van der Waals surface area (Å²) in [5.74, 6) is 0.304. The van der Waals surface area contributed by atoms with Crippen molar-refractivity contribution in [3.05, 3.63) is 71.8 Å². The van der Waals surface area contributed by atoms with Gasteiger partial charge in [-0.2, -0.15) is 0 Å². The minimum atomic E-state index is -0.158. The predicted octanol–water partition coefficient (Wildman–Crippen LogP) is 4.59. The molecule has 0 spiro atoms. The predicted molar refractivity (Wildman–Crippen MR) is 151 cm³/mol. The van der Waals surface area contributed by atoms with Crippen molar-refractivity contribution in [3.63, 3.8) is 0 Å². The van der Waals surface area contributed by atoms with Crippen LogP contribution in [0.4, 0.5) is 11.4 Å². The van der Waals surface area contributed by atoms with E-state index in [1.807, 2.05) is 48.5 Å². The lowest BCUT2D eigenvalue weighted by Crippen LogP contribution is -2.43. The molecule has 0 radical (unpaired) electrons. The minimum absolute atomic E-state index is 0.0391. The lowest BCUT2D eigenvalue weighted by molar-refractivity contribution is -0.121. The number of anilines is 2. The number of fused-ring (bicyclic) bond motifs is 6. The Hall–Kier alpha value is -3.81. The van der Waals surface area contributed by atoms with Crippen molar-refractivity contribution in [2.24, 2.45) is 0 Å². The number of hydrogen-bond acceptors (Lipinski definition) is 5. The van der Waals surface area contributed by atoms with Gasteiger partial charge in [0.2, 0.25) is 11.8 Å². The van der Waals surface area contributed by atoms with Gasteiger partial charge < -0.3 is 20.0 Å². The highest BCUT2D eigenvalue weighted by Crippen LogP contribution is 2.45. The highest BCUT2D eigenvalue weighted by atomic mass is 35.5. The average Bonchev–Trinajstić information content (AvgIpc) is 3.51. The molecule has 38 heavy (non-hydrogen) atoms. The van der Waals surface area contributed by atoms with Gasteiger partial charge in [-0.1, -0.05) is 48.5 Å². The Bertz CT molecular complexity index is 1600. The third kappa shape index (κ3) is 3.94. The fourth-order valence-corrected chi connectivity index (χ4v) is 6.24. The monoisotopic (exact) mass is 529 g/mol. The van der Waals surface area contributed by atoms with Crippen LogP contribution >= 0.6 is 11.6 Å². The van der Waals surface area contributed by atoms with E-state index in [9.17, 15) is 19.8 Å². The molecule has 0 aliphatic carbocycles.